The molecule has 0 bridgehead atoms. The van der Waals surface area contributed by atoms with E-state index >= 15 is 0 Å². The molecule has 14 heavy (non-hydrogen) atoms. The number of aryl methyl sites for hydroxylation is 1. The van der Waals surface area contributed by atoms with Gasteiger partial charge in [0.15, 0.2) is 0 Å². The van der Waals surface area contributed by atoms with Gasteiger partial charge < -0.3 is 10.5 Å². The van der Waals surface area contributed by atoms with Crippen LogP contribution in [0.1, 0.15) is 17.7 Å². The van der Waals surface area contributed by atoms with Crippen LogP contribution in [0.3, 0.4) is 0 Å². The van der Waals surface area contributed by atoms with Crippen molar-refractivity contribution in [3.63, 3.8) is 0 Å². The summed E-state index contributed by atoms with van der Waals surface area (Å²) < 4.78 is 4.99. The van der Waals surface area contributed by atoms with Gasteiger partial charge in [-0.25, -0.2) is 0 Å². The van der Waals surface area contributed by atoms with E-state index in [1.54, 1.807) is 7.11 Å². The summed E-state index contributed by atoms with van der Waals surface area (Å²) in [6.45, 7) is 4.26. The van der Waals surface area contributed by atoms with Gasteiger partial charge in [-0.15, -0.1) is 0 Å². The fourth-order valence-corrected chi connectivity index (χ4v) is 1.14. The summed E-state index contributed by atoms with van der Waals surface area (Å²) in [5, 5.41) is 0. The highest BCUT2D eigenvalue weighted by atomic mass is 16.5. The summed E-state index contributed by atoms with van der Waals surface area (Å²) in [5.41, 5.74) is 8.30. The molecule has 1 aromatic rings. The number of nitrogens with zero attached hydrogens (tertiary/aromatic N) is 1. The van der Waals surface area contributed by atoms with E-state index in [0.717, 1.165) is 24.1 Å². The molecule has 0 aliphatic heterocycles. The maximum absolute atomic E-state index is 5.48. The highest BCUT2D eigenvalue weighted by Gasteiger charge is 1.96. The minimum absolute atomic E-state index is 0.608. The van der Waals surface area contributed by atoms with Gasteiger partial charge in [0.25, 0.3) is 0 Å². The van der Waals surface area contributed by atoms with Crippen LogP contribution in [0.5, 0.6) is 0 Å². The number of pyridine rings is 1. The van der Waals surface area contributed by atoms with E-state index in [1.165, 1.54) is 0 Å². The zero-order valence-corrected chi connectivity index (χ0v) is 8.49. The molecule has 0 fully saturated rings. The van der Waals surface area contributed by atoms with Crippen LogP contribution in [0.25, 0.3) is 0 Å². The van der Waals surface area contributed by atoms with E-state index in [2.05, 4.69) is 11.6 Å². The first kappa shape index (κ1) is 10.7. The van der Waals surface area contributed by atoms with E-state index in [9.17, 15) is 0 Å². The Morgan fingerprint density at radius 1 is 1.57 bits per heavy atom. The predicted octanol–water partition coefficient (Wildman–Crippen LogP) is 1.63. The van der Waals surface area contributed by atoms with Gasteiger partial charge in [-0.2, -0.15) is 0 Å². The van der Waals surface area contributed by atoms with Crippen LogP contribution in [-0.4, -0.2) is 12.1 Å². The average molecular weight is 192 g/mol. The van der Waals surface area contributed by atoms with Crippen LogP contribution < -0.4 is 5.73 Å². The third-order valence-electron chi connectivity index (χ3n) is 1.90. The lowest BCUT2D eigenvalue weighted by molar-refractivity contribution is 0.184. The zero-order valence-electron chi connectivity index (χ0n) is 8.49. The first-order valence-electron chi connectivity index (χ1n) is 4.58. The lowest BCUT2D eigenvalue weighted by Gasteiger charge is -2.02. The SMILES string of the molecule is C=C(N)CCc1ccc(COC)cn1. The molecule has 0 amide bonds. The molecule has 0 saturated heterocycles. The van der Waals surface area contributed by atoms with E-state index < -0.39 is 0 Å². The van der Waals surface area contributed by atoms with Gasteiger partial charge in [-0.05, 0) is 24.5 Å². The molecule has 3 nitrogen and oxygen atoms in total. The lowest BCUT2D eigenvalue weighted by Crippen LogP contribution is -1.99. The number of hydrogen-bond acceptors (Lipinski definition) is 3. The molecule has 0 atom stereocenters. The van der Waals surface area contributed by atoms with Gasteiger partial charge in [0.2, 0.25) is 0 Å². The molecule has 0 aromatic carbocycles. The van der Waals surface area contributed by atoms with E-state index in [1.807, 2.05) is 18.3 Å². The normalized spacial score (nSPS) is 10.1. The Morgan fingerprint density at radius 2 is 2.36 bits per heavy atom. The van der Waals surface area contributed by atoms with E-state index in [-0.39, 0.29) is 0 Å². The summed E-state index contributed by atoms with van der Waals surface area (Å²) in [6, 6.07) is 4.02. The fourth-order valence-electron chi connectivity index (χ4n) is 1.14. The standard InChI is InChI=1S/C11H16N2O/c1-9(12)3-5-11-6-4-10(7-13-11)8-14-2/h4,6-7H,1,3,5,8,12H2,2H3. The maximum Gasteiger partial charge on any atom is 0.0728 e. The summed E-state index contributed by atoms with van der Waals surface area (Å²) in [5.74, 6) is 0. The molecule has 0 aliphatic rings. The molecule has 0 saturated carbocycles. The smallest absolute Gasteiger partial charge is 0.0728 e. The summed E-state index contributed by atoms with van der Waals surface area (Å²) in [6.07, 6.45) is 3.47. The van der Waals surface area contributed by atoms with Crippen molar-refractivity contribution in [3.05, 3.63) is 41.9 Å². The van der Waals surface area contributed by atoms with Crippen LogP contribution in [0.2, 0.25) is 0 Å². The molecule has 2 N–H and O–H groups in total. The minimum atomic E-state index is 0.608. The molecule has 1 rings (SSSR count). The minimum Gasteiger partial charge on any atom is -0.403 e. The van der Waals surface area contributed by atoms with Crippen LogP contribution in [0, 0.1) is 0 Å². The number of nitrogens with two attached hydrogens (primary N) is 1. The highest BCUT2D eigenvalue weighted by Crippen LogP contribution is 2.05. The topological polar surface area (TPSA) is 48.1 Å². The van der Waals surface area contributed by atoms with Crippen molar-refractivity contribution in [2.75, 3.05) is 7.11 Å². The fraction of sp³-hybridized carbons (Fsp3) is 0.364. The van der Waals surface area contributed by atoms with Crippen molar-refractivity contribution in [1.82, 2.24) is 4.98 Å². The highest BCUT2D eigenvalue weighted by molar-refractivity contribution is 5.14. The van der Waals surface area contributed by atoms with Crippen LogP contribution in [-0.2, 0) is 17.8 Å². The molecule has 0 unspecified atom stereocenters. The van der Waals surface area contributed by atoms with Crippen molar-refractivity contribution in [2.45, 2.75) is 19.4 Å². The molecule has 0 aliphatic carbocycles. The Labute approximate surface area is 84.6 Å². The van der Waals surface area contributed by atoms with Gasteiger partial charge in [0.05, 0.1) is 6.61 Å². The van der Waals surface area contributed by atoms with Crippen LogP contribution >= 0.6 is 0 Å². The van der Waals surface area contributed by atoms with Gasteiger partial charge in [0, 0.05) is 24.7 Å². The van der Waals surface area contributed by atoms with Gasteiger partial charge in [-0.3, -0.25) is 4.98 Å². The Bertz CT molecular complexity index is 293. The molecular formula is C11H16N2O. The van der Waals surface area contributed by atoms with Crippen molar-refractivity contribution in [1.29, 1.82) is 0 Å². The van der Waals surface area contributed by atoms with Crippen LogP contribution in [0.4, 0.5) is 0 Å². The average Bonchev–Trinajstić information content (AvgIpc) is 2.17. The zero-order chi connectivity index (χ0) is 10.4. The summed E-state index contributed by atoms with van der Waals surface area (Å²) in [4.78, 5) is 4.29. The van der Waals surface area contributed by atoms with Crippen LogP contribution in [0.15, 0.2) is 30.6 Å². The number of ether oxygens (including phenoxy) is 1. The number of allylic oxidation sites excluding steroid dienone is 1. The van der Waals surface area contributed by atoms with Gasteiger partial charge >= 0.3 is 0 Å². The summed E-state index contributed by atoms with van der Waals surface area (Å²) >= 11 is 0. The lowest BCUT2D eigenvalue weighted by atomic mass is 10.2. The number of aromatic nitrogens is 1. The maximum atomic E-state index is 5.48. The van der Waals surface area contributed by atoms with Gasteiger partial charge in [-0.1, -0.05) is 12.6 Å². The van der Waals surface area contributed by atoms with Crippen molar-refractivity contribution >= 4 is 0 Å². The van der Waals surface area contributed by atoms with Gasteiger partial charge in [0.1, 0.15) is 0 Å². The second-order valence-electron chi connectivity index (χ2n) is 3.25. The van der Waals surface area contributed by atoms with E-state index in [4.69, 9.17) is 10.5 Å². The third-order valence-corrected chi connectivity index (χ3v) is 1.90. The second kappa shape index (κ2) is 5.40. The van der Waals surface area contributed by atoms with E-state index in [0.29, 0.717) is 12.3 Å². The number of rotatable bonds is 5. The summed E-state index contributed by atoms with van der Waals surface area (Å²) in [7, 11) is 1.67. The molecule has 3 heteroatoms. The molecule has 76 valence electrons. The Hall–Kier alpha value is -1.35. The first-order valence-corrected chi connectivity index (χ1v) is 4.58. The van der Waals surface area contributed by atoms with Crippen molar-refractivity contribution < 1.29 is 4.74 Å². The first-order chi connectivity index (χ1) is 6.72. The number of methoxy groups -OCH3 is 1. The molecule has 1 aromatic heterocycles. The van der Waals surface area contributed by atoms with Crippen molar-refractivity contribution in [2.24, 2.45) is 5.73 Å². The largest absolute Gasteiger partial charge is 0.403 e. The third kappa shape index (κ3) is 3.58. The predicted molar refractivity (Wildman–Crippen MR) is 56.6 cm³/mol. The Morgan fingerprint density at radius 3 is 2.86 bits per heavy atom. The quantitative estimate of drug-likeness (QED) is 0.771. The second-order valence-corrected chi connectivity index (χ2v) is 3.25. The molecule has 0 radical (unpaired) electrons. The monoisotopic (exact) mass is 192 g/mol. The number of hydrogen-bond donors (Lipinski definition) is 1. The Kier molecular flexibility index (Phi) is 4.13. The molecular weight excluding hydrogens is 176 g/mol. The Balaban J connectivity index is 2.50. The molecule has 1 heterocycles. The molecule has 0 spiro atoms. The van der Waals surface area contributed by atoms with Crippen molar-refractivity contribution in [3.8, 4) is 0 Å².